The molecule has 1 aromatic carbocycles. The van der Waals surface area contributed by atoms with Crippen LogP contribution >= 0.6 is 35.6 Å². The molecule has 0 aromatic heterocycles. The first-order valence-electron chi connectivity index (χ1n) is 9.27. The highest BCUT2D eigenvalue weighted by Gasteiger charge is 2.12. The van der Waals surface area contributed by atoms with E-state index in [1.165, 1.54) is 51.1 Å². The predicted molar refractivity (Wildman–Crippen MR) is 123 cm³/mol. The van der Waals surface area contributed by atoms with E-state index in [4.69, 9.17) is 11.6 Å². The van der Waals surface area contributed by atoms with Gasteiger partial charge in [0.25, 0.3) is 0 Å². The number of unbranched alkanes of at least 4 members (excludes halogenated alkanes) is 1. The fourth-order valence-corrected chi connectivity index (χ4v) is 3.19. The summed E-state index contributed by atoms with van der Waals surface area (Å²) in [7, 11) is 4.02. The van der Waals surface area contributed by atoms with E-state index >= 15 is 0 Å². The molecule has 0 atom stereocenters. The Bertz CT molecular complexity index is 532. The Morgan fingerprint density at radius 2 is 1.85 bits per heavy atom. The van der Waals surface area contributed by atoms with E-state index in [1.54, 1.807) is 0 Å². The van der Waals surface area contributed by atoms with E-state index in [0.29, 0.717) is 0 Å². The molecule has 148 valence electrons. The molecule has 0 bridgehead atoms. The van der Waals surface area contributed by atoms with E-state index in [1.807, 2.05) is 25.2 Å². The Hall–Kier alpha value is -0.570. The lowest BCUT2D eigenvalue weighted by molar-refractivity contribution is 0.152. The Balaban J connectivity index is 0.00000338. The minimum absolute atomic E-state index is 0. The van der Waals surface area contributed by atoms with Gasteiger partial charge in [-0.05, 0) is 50.6 Å². The maximum absolute atomic E-state index is 6.01. The molecule has 1 fully saturated rings. The summed E-state index contributed by atoms with van der Waals surface area (Å²) in [5.41, 5.74) is 1.24. The Morgan fingerprint density at radius 3 is 2.54 bits per heavy atom. The highest BCUT2D eigenvalue weighted by Crippen LogP contribution is 2.10. The number of rotatable bonds is 8. The minimum Gasteiger partial charge on any atom is -0.356 e. The van der Waals surface area contributed by atoms with E-state index in [2.05, 4.69) is 38.5 Å². The summed E-state index contributed by atoms with van der Waals surface area (Å²) in [6, 6.07) is 8.01. The van der Waals surface area contributed by atoms with E-state index in [0.717, 1.165) is 30.5 Å². The van der Waals surface area contributed by atoms with Crippen LogP contribution in [0.5, 0.6) is 0 Å². The third-order valence-corrected chi connectivity index (χ3v) is 4.84. The number of halogens is 2. The van der Waals surface area contributed by atoms with Gasteiger partial charge in [0.1, 0.15) is 0 Å². The molecule has 7 heteroatoms. The zero-order valence-corrected chi connectivity index (χ0v) is 19.1. The standard InChI is InChI=1S/C19H32ClN5.HI/c1-21-19(23-10-8-17-6-5-7-18(20)16-17)22-9-3-4-11-25-14-12-24(2)13-15-25;/h5-7,16H,3-4,8-15H2,1-2H3,(H2,21,22,23);1H. The van der Waals surface area contributed by atoms with Gasteiger partial charge in [0.15, 0.2) is 5.96 Å². The van der Waals surface area contributed by atoms with Crippen LogP contribution in [0.2, 0.25) is 5.02 Å². The number of guanidine groups is 1. The second-order valence-electron chi connectivity index (χ2n) is 6.66. The zero-order chi connectivity index (χ0) is 17.9. The first-order chi connectivity index (χ1) is 12.2. The highest BCUT2D eigenvalue weighted by atomic mass is 127. The predicted octanol–water partition coefficient (Wildman–Crippen LogP) is 2.69. The highest BCUT2D eigenvalue weighted by molar-refractivity contribution is 14.0. The fourth-order valence-electron chi connectivity index (χ4n) is 2.98. The van der Waals surface area contributed by atoms with Crippen LogP contribution in [0.1, 0.15) is 18.4 Å². The lowest BCUT2D eigenvalue weighted by Crippen LogP contribution is -2.44. The maximum Gasteiger partial charge on any atom is 0.190 e. The maximum atomic E-state index is 6.01. The number of hydrogen-bond acceptors (Lipinski definition) is 3. The second-order valence-corrected chi connectivity index (χ2v) is 7.09. The van der Waals surface area contributed by atoms with E-state index < -0.39 is 0 Å². The van der Waals surface area contributed by atoms with Gasteiger partial charge < -0.3 is 20.4 Å². The molecule has 1 aromatic rings. The molecule has 0 unspecified atom stereocenters. The summed E-state index contributed by atoms with van der Waals surface area (Å²) in [6.45, 7) is 7.82. The van der Waals surface area contributed by atoms with Gasteiger partial charge in [0.2, 0.25) is 0 Å². The lowest BCUT2D eigenvalue weighted by Gasteiger charge is -2.32. The van der Waals surface area contributed by atoms with Gasteiger partial charge in [-0.15, -0.1) is 24.0 Å². The summed E-state index contributed by atoms with van der Waals surface area (Å²) < 4.78 is 0. The van der Waals surface area contributed by atoms with Gasteiger partial charge in [-0.2, -0.15) is 0 Å². The molecule has 26 heavy (non-hydrogen) atoms. The molecular formula is C19H33ClIN5. The third kappa shape index (κ3) is 9.39. The molecular weight excluding hydrogens is 461 g/mol. The van der Waals surface area contributed by atoms with Gasteiger partial charge in [0.05, 0.1) is 0 Å². The molecule has 1 aliphatic heterocycles. The van der Waals surface area contributed by atoms with Gasteiger partial charge in [-0.25, -0.2) is 0 Å². The van der Waals surface area contributed by atoms with Crippen molar-refractivity contribution in [3.8, 4) is 0 Å². The van der Waals surface area contributed by atoms with Crippen LogP contribution < -0.4 is 10.6 Å². The summed E-state index contributed by atoms with van der Waals surface area (Å²) in [6.07, 6.45) is 3.34. The topological polar surface area (TPSA) is 42.9 Å². The summed E-state index contributed by atoms with van der Waals surface area (Å²) in [4.78, 5) is 9.25. The van der Waals surface area contributed by atoms with Crippen LogP contribution in [0.15, 0.2) is 29.3 Å². The molecule has 0 radical (unpaired) electrons. The normalized spacial score (nSPS) is 16.2. The fraction of sp³-hybridized carbons (Fsp3) is 0.632. The van der Waals surface area contributed by atoms with Crippen molar-refractivity contribution in [1.29, 1.82) is 0 Å². The average Bonchev–Trinajstić information content (AvgIpc) is 2.61. The van der Waals surface area contributed by atoms with Crippen LogP contribution in [0, 0.1) is 0 Å². The number of likely N-dealkylation sites (N-methyl/N-ethyl adjacent to an activating group) is 1. The molecule has 1 saturated heterocycles. The Morgan fingerprint density at radius 1 is 1.12 bits per heavy atom. The number of nitrogens with zero attached hydrogens (tertiary/aromatic N) is 3. The van der Waals surface area contributed by atoms with Crippen molar-refractivity contribution >= 4 is 41.5 Å². The summed E-state index contributed by atoms with van der Waals surface area (Å²) in [5.74, 6) is 0.877. The molecule has 5 nitrogen and oxygen atoms in total. The molecule has 0 spiro atoms. The van der Waals surface area contributed by atoms with E-state index in [9.17, 15) is 0 Å². The third-order valence-electron chi connectivity index (χ3n) is 4.61. The van der Waals surface area contributed by atoms with Crippen molar-refractivity contribution in [2.75, 3.05) is 59.9 Å². The summed E-state index contributed by atoms with van der Waals surface area (Å²) in [5, 5.41) is 7.55. The quantitative estimate of drug-likeness (QED) is 0.253. The van der Waals surface area contributed by atoms with Gasteiger partial charge >= 0.3 is 0 Å². The number of aliphatic imine (C=N–C) groups is 1. The van der Waals surface area contributed by atoms with Crippen LogP contribution in [0.4, 0.5) is 0 Å². The van der Waals surface area contributed by atoms with Crippen LogP contribution in [-0.2, 0) is 6.42 Å². The Labute approximate surface area is 180 Å². The largest absolute Gasteiger partial charge is 0.356 e. The van der Waals surface area contributed by atoms with Crippen molar-refractivity contribution in [2.45, 2.75) is 19.3 Å². The lowest BCUT2D eigenvalue weighted by atomic mass is 10.1. The molecule has 2 rings (SSSR count). The number of benzene rings is 1. The van der Waals surface area contributed by atoms with Crippen molar-refractivity contribution < 1.29 is 0 Å². The summed E-state index contributed by atoms with van der Waals surface area (Å²) >= 11 is 6.01. The first kappa shape index (κ1) is 23.5. The average molecular weight is 494 g/mol. The van der Waals surface area contributed by atoms with E-state index in [-0.39, 0.29) is 24.0 Å². The SMILES string of the molecule is CN=C(NCCCCN1CCN(C)CC1)NCCc1cccc(Cl)c1.I. The molecule has 0 saturated carbocycles. The minimum atomic E-state index is 0. The number of hydrogen-bond donors (Lipinski definition) is 2. The molecule has 0 aliphatic carbocycles. The van der Waals surface area contributed by atoms with Crippen LogP contribution in [0.25, 0.3) is 0 Å². The number of nitrogens with one attached hydrogen (secondary N) is 2. The monoisotopic (exact) mass is 493 g/mol. The van der Waals surface area contributed by atoms with Crippen LogP contribution in [-0.4, -0.2) is 75.7 Å². The van der Waals surface area contributed by atoms with Crippen molar-refractivity contribution in [3.63, 3.8) is 0 Å². The number of piperazine rings is 1. The molecule has 2 N–H and O–H groups in total. The van der Waals surface area contributed by atoms with Gasteiger partial charge in [0, 0.05) is 51.3 Å². The molecule has 0 amide bonds. The zero-order valence-electron chi connectivity index (χ0n) is 16.0. The van der Waals surface area contributed by atoms with Gasteiger partial charge in [-0.1, -0.05) is 23.7 Å². The van der Waals surface area contributed by atoms with Crippen molar-refractivity contribution in [1.82, 2.24) is 20.4 Å². The smallest absolute Gasteiger partial charge is 0.190 e. The van der Waals surface area contributed by atoms with Crippen molar-refractivity contribution in [2.24, 2.45) is 4.99 Å². The second kappa shape index (κ2) is 13.6. The molecule has 1 heterocycles. The van der Waals surface area contributed by atoms with Crippen LogP contribution in [0.3, 0.4) is 0 Å². The Kier molecular flexibility index (Phi) is 12.3. The molecule has 1 aliphatic rings. The first-order valence-corrected chi connectivity index (χ1v) is 9.65. The van der Waals surface area contributed by atoms with Gasteiger partial charge in [-0.3, -0.25) is 4.99 Å². The van der Waals surface area contributed by atoms with Crippen molar-refractivity contribution in [3.05, 3.63) is 34.9 Å².